The first-order chi connectivity index (χ1) is 4.34. The zero-order valence-corrected chi connectivity index (χ0v) is 5.13. The van der Waals surface area contributed by atoms with Gasteiger partial charge in [0.05, 0.1) is 12.5 Å². The van der Waals surface area contributed by atoms with Gasteiger partial charge in [0.25, 0.3) is 0 Å². The van der Waals surface area contributed by atoms with Gasteiger partial charge in [-0.3, -0.25) is 0 Å². The minimum atomic E-state index is 0.789. The predicted octanol–water partition coefficient (Wildman–Crippen LogP) is 0.0107. The molecule has 0 saturated carbocycles. The minimum Gasteiger partial charge on any atom is -0.348 e. The topological polar surface area (TPSA) is 67.1 Å². The lowest BCUT2D eigenvalue weighted by Gasteiger charge is -1.82. The highest BCUT2D eigenvalue weighted by molar-refractivity contribution is 5.77. The largest absolute Gasteiger partial charge is 0.348 e. The van der Waals surface area contributed by atoms with Gasteiger partial charge in [-0.15, -0.1) is 0 Å². The summed E-state index contributed by atoms with van der Waals surface area (Å²) in [6, 6.07) is 0. The molecule has 9 heavy (non-hydrogen) atoms. The van der Waals surface area contributed by atoms with Crippen molar-refractivity contribution in [2.45, 2.75) is 6.92 Å². The van der Waals surface area contributed by atoms with Crippen LogP contribution in [0.25, 0.3) is 0 Å². The normalized spacial score (nSPS) is 10.8. The van der Waals surface area contributed by atoms with E-state index in [-0.39, 0.29) is 0 Å². The Morgan fingerprint density at radius 1 is 1.89 bits per heavy atom. The second-order valence-corrected chi connectivity index (χ2v) is 1.69. The fourth-order valence-corrected chi connectivity index (χ4v) is 0.570. The summed E-state index contributed by atoms with van der Waals surface area (Å²) in [7, 11) is 0. The van der Waals surface area contributed by atoms with Gasteiger partial charge in [-0.2, -0.15) is 5.10 Å². The van der Waals surface area contributed by atoms with Gasteiger partial charge >= 0.3 is 0 Å². The fraction of sp³-hybridized carbons (Fsp3) is 0.200. The van der Waals surface area contributed by atoms with E-state index in [0.717, 1.165) is 11.4 Å². The molecule has 3 N–H and O–H groups in total. The van der Waals surface area contributed by atoms with Crippen molar-refractivity contribution in [3.8, 4) is 0 Å². The molecular formula is C5H8N4. The molecule has 0 aliphatic heterocycles. The number of hydrogen-bond donors (Lipinski definition) is 2. The van der Waals surface area contributed by atoms with Crippen molar-refractivity contribution in [3.05, 3.63) is 17.7 Å². The van der Waals surface area contributed by atoms with Crippen LogP contribution in [0.4, 0.5) is 0 Å². The molecule has 0 unspecified atom stereocenters. The molecule has 0 radical (unpaired) electrons. The number of aromatic nitrogens is 2. The minimum absolute atomic E-state index is 0.789. The molecule has 48 valence electrons. The summed E-state index contributed by atoms with van der Waals surface area (Å²) in [5.41, 5.74) is 1.77. The maximum absolute atomic E-state index is 4.90. The molecular weight excluding hydrogens is 116 g/mol. The molecule has 0 aliphatic rings. The lowest BCUT2D eigenvalue weighted by atomic mass is 10.4. The molecule has 1 rings (SSSR count). The predicted molar refractivity (Wildman–Crippen MR) is 35.1 cm³/mol. The molecule has 1 heterocycles. The number of H-pyrrole nitrogens is 1. The van der Waals surface area contributed by atoms with E-state index in [9.17, 15) is 0 Å². The third kappa shape index (κ3) is 1.07. The summed E-state index contributed by atoms with van der Waals surface area (Å²) in [4.78, 5) is 6.82. The van der Waals surface area contributed by atoms with Crippen molar-refractivity contribution in [3.63, 3.8) is 0 Å². The van der Waals surface area contributed by atoms with Crippen LogP contribution >= 0.6 is 0 Å². The Hall–Kier alpha value is -1.32. The molecule has 4 nitrogen and oxygen atoms in total. The van der Waals surface area contributed by atoms with Gasteiger partial charge in [0.15, 0.2) is 0 Å². The highest BCUT2D eigenvalue weighted by Crippen LogP contribution is 1.94. The monoisotopic (exact) mass is 124 g/mol. The molecule has 0 saturated heterocycles. The van der Waals surface area contributed by atoms with Gasteiger partial charge in [0.1, 0.15) is 5.69 Å². The van der Waals surface area contributed by atoms with Gasteiger partial charge < -0.3 is 10.8 Å². The average molecular weight is 124 g/mol. The number of imidazole rings is 1. The van der Waals surface area contributed by atoms with Crippen LogP contribution in [0, 0.1) is 6.92 Å². The molecule has 0 fully saturated rings. The number of nitrogens with two attached hydrogens (primary N) is 1. The van der Waals surface area contributed by atoms with Crippen LogP contribution in [-0.2, 0) is 0 Å². The number of hydrogen-bond acceptors (Lipinski definition) is 3. The zero-order chi connectivity index (χ0) is 6.69. The number of aromatic amines is 1. The van der Waals surface area contributed by atoms with Crippen molar-refractivity contribution in [2.24, 2.45) is 10.9 Å². The van der Waals surface area contributed by atoms with Gasteiger partial charge in [0.2, 0.25) is 0 Å². The zero-order valence-electron chi connectivity index (χ0n) is 5.13. The molecule has 1 aromatic heterocycles. The van der Waals surface area contributed by atoms with Crippen molar-refractivity contribution in [2.75, 3.05) is 0 Å². The first-order valence-electron chi connectivity index (χ1n) is 2.58. The van der Waals surface area contributed by atoms with Crippen LogP contribution < -0.4 is 5.84 Å². The van der Waals surface area contributed by atoms with E-state index >= 15 is 0 Å². The summed E-state index contributed by atoms with van der Waals surface area (Å²) in [5, 5.41) is 3.33. The molecule has 0 aliphatic carbocycles. The van der Waals surface area contributed by atoms with E-state index < -0.39 is 0 Å². The molecule has 4 heteroatoms. The first-order valence-corrected chi connectivity index (χ1v) is 2.58. The summed E-state index contributed by atoms with van der Waals surface area (Å²) in [6.45, 7) is 1.91. The van der Waals surface area contributed by atoms with E-state index in [1.165, 1.54) is 6.21 Å². The van der Waals surface area contributed by atoms with E-state index in [1.807, 2.05) is 6.92 Å². The van der Waals surface area contributed by atoms with Crippen molar-refractivity contribution in [1.82, 2.24) is 9.97 Å². The Kier molecular flexibility index (Phi) is 1.48. The molecule has 0 atom stereocenters. The standard InChI is InChI=1S/C5H8N4/c1-4-5(2-9-6)8-3-7-4/h2-3H,6H2,1H3,(H,7,8)/b9-2+. The smallest absolute Gasteiger partial charge is 0.104 e. The summed E-state index contributed by atoms with van der Waals surface area (Å²) >= 11 is 0. The maximum atomic E-state index is 4.90. The number of nitrogens with zero attached hydrogens (tertiary/aromatic N) is 2. The number of aryl methyl sites for hydroxylation is 1. The van der Waals surface area contributed by atoms with Crippen molar-refractivity contribution >= 4 is 6.21 Å². The maximum Gasteiger partial charge on any atom is 0.104 e. The van der Waals surface area contributed by atoms with E-state index in [1.54, 1.807) is 6.33 Å². The lowest BCUT2D eigenvalue weighted by molar-refractivity contribution is 1.24. The van der Waals surface area contributed by atoms with E-state index in [2.05, 4.69) is 15.1 Å². The quantitative estimate of drug-likeness (QED) is 0.314. The summed E-state index contributed by atoms with van der Waals surface area (Å²) in [5.74, 6) is 4.90. The van der Waals surface area contributed by atoms with Crippen LogP contribution in [0.3, 0.4) is 0 Å². The first kappa shape index (κ1) is 5.81. The fourth-order valence-electron chi connectivity index (χ4n) is 0.570. The van der Waals surface area contributed by atoms with Crippen molar-refractivity contribution in [1.29, 1.82) is 0 Å². The third-order valence-electron chi connectivity index (χ3n) is 1.07. The Morgan fingerprint density at radius 2 is 2.67 bits per heavy atom. The van der Waals surface area contributed by atoms with Gasteiger partial charge in [-0.25, -0.2) is 4.98 Å². The Labute approximate surface area is 52.8 Å². The highest BCUT2D eigenvalue weighted by atomic mass is 15.1. The average Bonchev–Trinajstić information content (AvgIpc) is 2.18. The van der Waals surface area contributed by atoms with Crippen molar-refractivity contribution < 1.29 is 0 Å². The second-order valence-electron chi connectivity index (χ2n) is 1.69. The molecule has 0 amide bonds. The number of nitrogens with one attached hydrogen (secondary N) is 1. The lowest BCUT2D eigenvalue weighted by Crippen LogP contribution is -1.88. The Balaban J connectivity index is 2.94. The molecule has 0 spiro atoms. The highest BCUT2D eigenvalue weighted by Gasteiger charge is 1.93. The van der Waals surface area contributed by atoms with Gasteiger partial charge in [-0.05, 0) is 6.92 Å². The molecule has 0 aromatic carbocycles. The third-order valence-corrected chi connectivity index (χ3v) is 1.07. The summed E-state index contributed by atoms with van der Waals surface area (Å²) < 4.78 is 0. The Morgan fingerprint density at radius 3 is 3.11 bits per heavy atom. The van der Waals surface area contributed by atoms with Crippen LogP contribution in [0.2, 0.25) is 0 Å². The molecule has 0 bridgehead atoms. The molecule has 1 aromatic rings. The van der Waals surface area contributed by atoms with Crippen LogP contribution in [0.5, 0.6) is 0 Å². The van der Waals surface area contributed by atoms with Crippen LogP contribution in [-0.4, -0.2) is 16.2 Å². The SMILES string of the molecule is Cc1[nH]cnc1/C=N/N. The van der Waals surface area contributed by atoms with E-state index in [4.69, 9.17) is 5.84 Å². The number of rotatable bonds is 1. The number of hydrazone groups is 1. The van der Waals surface area contributed by atoms with E-state index in [0.29, 0.717) is 0 Å². The van der Waals surface area contributed by atoms with Gasteiger partial charge in [-0.1, -0.05) is 0 Å². The summed E-state index contributed by atoms with van der Waals surface area (Å²) in [6.07, 6.45) is 3.11. The van der Waals surface area contributed by atoms with Gasteiger partial charge in [0, 0.05) is 5.69 Å². The second kappa shape index (κ2) is 2.30. The Bertz CT molecular complexity index is 212. The van der Waals surface area contributed by atoms with Crippen LogP contribution in [0.1, 0.15) is 11.4 Å². The van der Waals surface area contributed by atoms with Crippen LogP contribution in [0.15, 0.2) is 11.4 Å².